The van der Waals surface area contributed by atoms with Crippen molar-refractivity contribution in [1.82, 2.24) is 4.90 Å². The summed E-state index contributed by atoms with van der Waals surface area (Å²) >= 11 is 0. The molecular weight excluding hydrogens is 154 g/mol. The van der Waals surface area contributed by atoms with Crippen LogP contribution in [0.2, 0.25) is 0 Å². The van der Waals surface area contributed by atoms with Crippen LogP contribution in [0.1, 0.15) is 34.1 Å². The highest BCUT2D eigenvalue weighted by Gasteiger charge is 2.33. The summed E-state index contributed by atoms with van der Waals surface area (Å²) in [6.07, 6.45) is 0.965. The van der Waals surface area contributed by atoms with Gasteiger partial charge in [-0.25, -0.2) is 0 Å². The van der Waals surface area contributed by atoms with Crippen molar-refractivity contribution >= 4 is 5.97 Å². The van der Waals surface area contributed by atoms with Crippen LogP contribution in [0, 0.1) is 0 Å². The predicted octanol–water partition coefficient (Wildman–Crippen LogP) is 1.58. The van der Waals surface area contributed by atoms with E-state index in [1.807, 2.05) is 18.9 Å². The molecule has 0 spiro atoms. The molecule has 0 rings (SSSR count). The first kappa shape index (κ1) is 11.4. The molecule has 3 heteroatoms. The maximum atomic E-state index is 10.8. The lowest BCUT2D eigenvalue weighted by Gasteiger charge is -2.35. The lowest BCUT2D eigenvalue weighted by molar-refractivity contribution is -0.149. The van der Waals surface area contributed by atoms with Crippen LogP contribution in [-0.2, 0) is 4.79 Å². The largest absolute Gasteiger partial charge is 0.480 e. The summed E-state index contributed by atoms with van der Waals surface area (Å²) < 4.78 is 0. The second-order valence-electron chi connectivity index (χ2n) is 3.73. The molecule has 3 nitrogen and oxygen atoms in total. The van der Waals surface area contributed by atoms with Crippen LogP contribution in [-0.4, -0.2) is 34.6 Å². The van der Waals surface area contributed by atoms with Crippen molar-refractivity contribution in [2.45, 2.75) is 45.7 Å². The van der Waals surface area contributed by atoms with Crippen molar-refractivity contribution < 1.29 is 9.90 Å². The number of carbonyl (C=O) groups is 1. The van der Waals surface area contributed by atoms with E-state index in [1.165, 1.54) is 0 Å². The lowest BCUT2D eigenvalue weighted by Crippen LogP contribution is -2.51. The Morgan fingerprint density at radius 3 is 2.25 bits per heavy atom. The van der Waals surface area contributed by atoms with E-state index in [9.17, 15) is 4.79 Å². The Morgan fingerprint density at radius 2 is 2.00 bits per heavy atom. The number of nitrogens with zero attached hydrogens (tertiary/aromatic N) is 1. The van der Waals surface area contributed by atoms with Crippen LogP contribution in [0.4, 0.5) is 0 Å². The molecule has 0 heterocycles. The zero-order valence-electron chi connectivity index (χ0n) is 8.59. The fourth-order valence-electron chi connectivity index (χ4n) is 0.976. The summed E-state index contributed by atoms with van der Waals surface area (Å²) in [4.78, 5) is 12.7. The lowest BCUT2D eigenvalue weighted by atomic mass is 10.0. The van der Waals surface area contributed by atoms with Gasteiger partial charge >= 0.3 is 5.97 Å². The smallest absolute Gasteiger partial charge is 0.323 e. The monoisotopic (exact) mass is 173 g/mol. The first-order valence-corrected chi connectivity index (χ1v) is 4.30. The van der Waals surface area contributed by atoms with E-state index in [0.29, 0.717) is 6.04 Å². The number of aliphatic carboxylic acids is 1. The zero-order chi connectivity index (χ0) is 9.94. The molecule has 0 saturated carbocycles. The van der Waals surface area contributed by atoms with Gasteiger partial charge in [0.05, 0.1) is 0 Å². The number of hydrogen-bond donors (Lipinski definition) is 1. The molecule has 0 aliphatic carbocycles. The van der Waals surface area contributed by atoms with Gasteiger partial charge in [0, 0.05) is 6.04 Å². The molecule has 0 aromatic rings. The molecule has 1 atom stereocenters. The minimum Gasteiger partial charge on any atom is -0.480 e. The summed E-state index contributed by atoms with van der Waals surface area (Å²) in [5.41, 5.74) is -0.768. The molecular formula is C9H19NO2. The number of likely N-dealkylation sites (N-methyl/N-ethyl adjacent to an activating group) is 1. The van der Waals surface area contributed by atoms with E-state index in [2.05, 4.69) is 6.92 Å². The molecule has 0 radical (unpaired) electrons. The van der Waals surface area contributed by atoms with Crippen LogP contribution in [0.15, 0.2) is 0 Å². The zero-order valence-corrected chi connectivity index (χ0v) is 8.59. The Balaban J connectivity index is 4.44. The highest BCUT2D eigenvalue weighted by Crippen LogP contribution is 2.16. The van der Waals surface area contributed by atoms with Gasteiger partial charge in [-0.1, -0.05) is 6.92 Å². The number of rotatable bonds is 4. The predicted molar refractivity (Wildman–Crippen MR) is 49.2 cm³/mol. The summed E-state index contributed by atoms with van der Waals surface area (Å²) in [6, 6.07) is 0.302. The van der Waals surface area contributed by atoms with Crippen LogP contribution in [0.3, 0.4) is 0 Å². The molecule has 0 saturated heterocycles. The maximum absolute atomic E-state index is 10.8. The molecule has 1 unspecified atom stereocenters. The SMILES string of the molecule is CCC(C)N(C)C(C)(C)C(=O)O. The molecule has 0 bridgehead atoms. The van der Waals surface area contributed by atoms with Gasteiger partial charge in [0.1, 0.15) is 5.54 Å². The fourth-order valence-corrected chi connectivity index (χ4v) is 0.976. The van der Waals surface area contributed by atoms with Crippen LogP contribution >= 0.6 is 0 Å². The second kappa shape index (κ2) is 3.90. The molecule has 0 aliphatic rings. The van der Waals surface area contributed by atoms with E-state index in [-0.39, 0.29) is 0 Å². The van der Waals surface area contributed by atoms with Crippen LogP contribution < -0.4 is 0 Å². The Morgan fingerprint density at radius 1 is 1.58 bits per heavy atom. The quantitative estimate of drug-likeness (QED) is 0.701. The van der Waals surface area contributed by atoms with Gasteiger partial charge in [0.25, 0.3) is 0 Å². The van der Waals surface area contributed by atoms with Crippen LogP contribution in [0.25, 0.3) is 0 Å². The summed E-state index contributed by atoms with van der Waals surface area (Å²) in [5, 5.41) is 8.91. The Kier molecular flexibility index (Phi) is 3.71. The van der Waals surface area contributed by atoms with Crippen molar-refractivity contribution in [2.75, 3.05) is 7.05 Å². The van der Waals surface area contributed by atoms with Gasteiger partial charge in [-0.05, 0) is 34.2 Å². The topological polar surface area (TPSA) is 40.5 Å². The maximum Gasteiger partial charge on any atom is 0.323 e. The molecule has 0 aromatic carbocycles. The molecule has 72 valence electrons. The average molecular weight is 173 g/mol. The third-order valence-corrected chi connectivity index (χ3v) is 2.66. The van der Waals surface area contributed by atoms with E-state index < -0.39 is 11.5 Å². The highest BCUT2D eigenvalue weighted by molar-refractivity contribution is 5.77. The number of carboxylic acid groups (broad SMARTS) is 1. The van der Waals surface area contributed by atoms with Crippen LogP contribution in [0.5, 0.6) is 0 Å². The third kappa shape index (κ3) is 2.21. The minimum absolute atomic E-state index is 0.302. The summed E-state index contributed by atoms with van der Waals surface area (Å²) in [5.74, 6) is -0.773. The summed E-state index contributed by atoms with van der Waals surface area (Å²) in [6.45, 7) is 7.53. The first-order chi connectivity index (χ1) is 5.34. The van der Waals surface area contributed by atoms with Crippen molar-refractivity contribution in [3.63, 3.8) is 0 Å². The highest BCUT2D eigenvalue weighted by atomic mass is 16.4. The molecule has 0 fully saturated rings. The Labute approximate surface area is 74.4 Å². The van der Waals surface area contributed by atoms with Crippen molar-refractivity contribution in [3.8, 4) is 0 Å². The van der Waals surface area contributed by atoms with E-state index in [0.717, 1.165) is 6.42 Å². The van der Waals surface area contributed by atoms with Gasteiger partial charge in [0.15, 0.2) is 0 Å². The first-order valence-electron chi connectivity index (χ1n) is 4.30. The standard InChI is InChI=1S/C9H19NO2/c1-6-7(2)10(5)9(3,4)8(11)12/h7H,6H2,1-5H3,(H,11,12). The Hall–Kier alpha value is -0.570. The Bertz CT molecular complexity index is 166. The molecule has 0 aliphatic heterocycles. The van der Waals surface area contributed by atoms with Gasteiger partial charge in [0.2, 0.25) is 0 Å². The van der Waals surface area contributed by atoms with Gasteiger partial charge in [-0.2, -0.15) is 0 Å². The van der Waals surface area contributed by atoms with Crippen molar-refractivity contribution in [3.05, 3.63) is 0 Å². The molecule has 0 aromatic heterocycles. The summed E-state index contributed by atoms with van der Waals surface area (Å²) in [7, 11) is 1.85. The van der Waals surface area contributed by atoms with Gasteiger partial charge in [-0.15, -0.1) is 0 Å². The van der Waals surface area contributed by atoms with Crippen molar-refractivity contribution in [2.24, 2.45) is 0 Å². The average Bonchev–Trinajstić information content (AvgIpc) is 2.01. The number of carboxylic acids is 1. The normalized spacial score (nSPS) is 14.8. The fraction of sp³-hybridized carbons (Fsp3) is 0.889. The molecule has 0 amide bonds. The minimum atomic E-state index is -0.773. The van der Waals surface area contributed by atoms with E-state index in [1.54, 1.807) is 13.8 Å². The third-order valence-electron chi connectivity index (χ3n) is 2.66. The van der Waals surface area contributed by atoms with E-state index >= 15 is 0 Å². The number of hydrogen-bond acceptors (Lipinski definition) is 2. The van der Waals surface area contributed by atoms with Crippen molar-refractivity contribution in [1.29, 1.82) is 0 Å². The van der Waals surface area contributed by atoms with E-state index in [4.69, 9.17) is 5.11 Å². The van der Waals surface area contributed by atoms with Gasteiger partial charge < -0.3 is 5.11 Å². The molecule has 1 N–H and O–H groups in total. The molecule has 12 heavy (non-hydrogen) atoms. The second-order valence-corrected chi connectivity index (χ2v) is 3.73. The van der Waals surface area contributed by atoms with Gasteiger partial charge in [-0.3, -0.25) is 9.69 Å².